The maximum Gasteiger partial charge on any atom is 0.271 e. The van der Waals surface area contributed by atoms with Gasteiger partial charge in [-0.2, -0.15) is 9.61 Å². The Hall–Kier alpha value is -1.43. The van der Waals surface area contributed by atoms with E-state index in [1.165, 1.54) is 11.3 Å². The van der Waals surface area contributed by atoms with Crippen molar-refractivity contribution < 1.29 is 4.79 Å². The number of carbonyl (C=O) groups excluding carboxylic acids is 1. The van der Waals surface area contributed by atoms with Crippen molar-refractivity contribution in [2.24, 2.45) is 0 Å². The number of carbonyl (C=O) groups is 1. The van der Waals surface area contributed by atoms with Crippen LogP contribution in [0.1, 0.15) is 29.5 Å². The quantitative estimate of drug-likeness (QED) is 0.853. The molecule has 5 nitrogen and oxygen atoms in total. The summed E-state index contributed by atoms with van der Waals surface area (Å²) in [5.74, 6) is -0.104. The predicted molar refractivity (Wildman–Crippen MR) is 58.2 cm³/mol. The van der Waals surface area contributed by atoms with Crippen LogP contribution >= 0.6 is 11.3 Å². The second kappa shape index (κ2) is 3.98. The number of fused-ring (bicyclic) bond motifs is 1. The number of amides is 1. The average Bonchev–Trinajstić information content (AvgIpc) is 2.73. The first-order valence-electron chi connectivity index (χ1n) is 4.81. The average molecular weight is 224 g/mol. The van der Waals surface area contributed by atoms with E-state index in [4.69, 9.17) is 0 Å². The molecule has 2 aromatic rings. The van der Waals surface area contributed by atoms with Gasteiger partial charge in [-0.25, -0.2) is 4.98 Å². The molecule has 0 spiro atoms. The van der Waals surface area contributed by atoms with Crippen LogP contribution < -0.4 is 5.32 Å². The minimum absolute atomic E-state index is 0.104. The number of imidazole rings is 1. The van der Waals surface area contributed by atoms with Gasteiger partial charge in [0.2, 0.25) is 4.96 Å². The minimum atomic E-state index is -0.104. The first-order chi connectivity index (χ1) is 7.24. The molecule has 0 atom stereocenters. The van der Waals surface area contributed by atoms with E-state index in [1.54, 1.807) is 10.0 Å². The lowest BCUT2D eigenvalue weighted by Gasteiger charge is -2.01. The molecule has 0 aliphatic rings. The summed E-state index contributed by atoms with van der Waals surface area (Å²) in [6.07, 6.45) is 0.920. The van der Waals surface area contributed by atoms with Crippen LogP contribution in [0.25, 0.3) is 4.96 Å². The summed E-state index contributed by atoms with van der Waals surface area (Å²) in [6, 6.07) is 0. The molecule has 0 bridgehead atoms. The van der Waals surface area contributed by atoms with Gasteiger partial charge < -0.3 is 5.32 Å². The Bertz CT molecular complexity index is 487. The molecule has 0 unspecified atom stereocenters. The number of hydrogen-bond donors (Lipinski definition) is 1. The lowest BCUT2D eigenvalue weighted by atomic mass is 10.3. The zero-order valence-corrected chi connectivity index (χ0v) is 9.47. The normalized spacial score (nSPS) is 10.8. The molecule has 2 rings (SSSR count). The topological polar surface area (TPSA) is 59.3 Å². The van der Waals surface area contributed by atoms with Crippen LogP contribution in [-0.2, 0) is 0 Å². The lowest BCUT2D eigenvalue weighted by molar-refractivity contribution is 0.0946. The SMILES string of the molecule is CCCNC(=O)c1c(C)nc2scnn12. The summed E-state index contributed by atoms with van der Waals surface area (Å²) in [4.78, 5) is 16.8. The van der Waals surface area contributed by atoms with E-state index in [-0.39, 0.29) is 5.91 Å². The molecular weight excluding hydrogens is 212 g/mol. The van der Waals surface area contributed by atoms with Crippen molar-refractivity contribution in [1.29, 1.82) is 0 Å². The maximum absolute atomic E-state index is 11.8. The summed E-state index contributed by atoms with van der Waals surface area (Å²) in [5, 5.41) is 6.90. The Morgan fingerprint density at radius 3 is 3.20 bits per heavy atom. The first-order valence-corrected chi connectivity index (χ1v) is 5.69. The van der Waals surface area contributed by atoms with Gasteiger partial charge in [-0.05, 0) is 13.3 Å². The van der Waals surface area contributed by atoms with Gasteiger partial charge in [0.1, 0.15) is 5.51 Å². The lowest BCUT2D eigenvalue weighted by Crippen LogP contribution is -2.26. The number of aryl methyl sites for hydroxylation is 1. The van der Waals surface area contributed by atoms with E-state index in [0.717, 1.165) is 17.1 Å². The largest absolute Gasteiger partial charge is 0.351 e. The second-order valence-corrected chi connectivity index (χ2v) is 4.05. The van der Waals surface area contributed by atoms with E-state index in [2.05, 4.69) is 15.4 Å². The van der Waals surface area contributed by atoms with E-state index in [1.807, 2.05) is 13.8 Å². The fourth-order valence-corrected chi connectivity index (χ4v) is 2.04. The highest BCUT2D eigenvalue weighted by Crippen LogP contribution is 2.14. The molecule has 0 saturated heterocycles. The molecule has 0 radical (unpaired) electrons. The summed E-state index contributed by atoms with van der Waals surface area (Å²) < 4.78 is 1.59. The van der Waals surface area contributed by atoms with E-state index in [9.17, 15) is 4.79 Å². The molecule has 1 amide bonds. The summed E-state index contributed by atoms with van der Waals surface area (Å²) >= 11 is 1.42. The molecule has 15 heavy (non-hydrogen) atoms. The zero-order chi connectivity index (χ0) is 10.8. The van der Waals surface area contributed by atoms with Crippen LogP contribution in [-0.4, -0.2) is 27.0 Å². The maximum atomic E-state index is 11.8. The number of nitrogens with zero attached hydrogens (tertiary/aromatic N) is 3. The standard InChI is InChI=1S/C9H12N4OS/c1-3-4-10-8(14)7-6(2)12-9-13(7)11-5-15-9/h5H,3-4H2,1-2H3,(H,10,14). The number of rotatable bonds is 3. The van der Waals surface area contributed by atoms with Gasteiger partial charge in [0, 0.05) is 6.54 Å². The molecule has 2 aromatic heterocycles. The van der Waals surface area contributed by atoms with Crippen LogP contribution in [0.2, 0.25) is 0 Å². The van der Waals surface area contributed by atoms with Crippen molar-refractivity contribution in [3.05, 3.63) is 16.9 Å². The van der Waals surface area contributed by atoms with E-state index >= 15 is 0 Å². The number of hydrogen-bond acceptors (Lipinski definition) is 4. The molecule has 1 N–H and O–H groups in total. The summed E-state index contributed by atoms with van der Waals surface area (Å²) in [6.45, 7) is 4.51. The van der Waals surface area contributed by atoms with Crippen LogP contribution in [0.4, 0.5) is 0 Å². The molecule has 0 saturated carbocycles. The highest BCUT2D eigenvalue weighted by molar-refractivity contribution is 7.14. The van der Waals surface area contributed by atoms with Crippen molar-refractivity contribution in [2.45, 2.75) is 20.3 Å². The van der Waals surface area contributed by atoms with Crippen molar-refractivity contribution in [2.75, 3.05) is 6.54 Å². The first kappa shape index (κ1) is 10.1. The van der Waals surface area contributed by atoms with Crippen molar-refractivity contribution in [1.82, 2.24) is 19.9 Å². The van der Waals surface area contributed by atoms with Gasteiger partial charge in [0.15, 0.2) is 5.69 Å². The highest BCUT2D eigenvalue weighted by Gasteiger charge is 2.17. The van der Waals surface area contributed by atoms with Gasteiger partial charge in [0.25, 0.3) is 5.91 Å². The monoisotopic (exact) mass is 224 g/mol. The van der Waals surface area contributed by atoms with Gasteiger partial charge in [-0.15, -0.1) is 0 Å². The molecule has 0 aliphatic carbocycles. The van der Waals surface area contributed by atoms with Crippen LogP contribution in [0, 0.1) is 6.92 Å². The number of aromatic nitrogens is 3. The predicted octanol–water partition coefficient (Wildman–Crippen LogP) is 1.24. The Morgan fingerprint density at radius 2 is 2.47 bits per heavy atom. The molecule has 6 heteroatoms. The fraction of sp³-hybridized carbons (Fsp3) is 0.444. The van der Waals surface area contributed by atoms with Gasteiger partial charge >= 0.3 is 0 Å². The molecule has 80 valence electrons. The Morgan fingerprint density at radius 1 is 1.67 bits per heavy atom. The Labute approximate surface area is 91.1 Å². The van der Waals surface area contributed by atoms with E-state index in [0.29, 0.717) is 12.2 Å². The fourth-order valence-electron chi connectivity index (χ4n) is 1.38. The van der Waals surface area contributed by atoms with Crippen molar-refractivity contribution >= 4 is 22.2 Å². The summed E-state index contributed by atoms with van der Waals surface area (Å²) in [5.41, 5.74) is 2.95. The molecule has 2 heterocycles. The van der Waals surface area contributed by atoms with Crippen molar-refractivity contribution in [3.63, 3.8) is 0 Å². The van der Waals surface area contributed by atoms with E-state index < -0.39 is 0 Å². The highest BCUT2D eigenvalue weighted by atomic mass is 32.1. The van der Waals surface area contributed by atoms with Gasteiger partial charge in [0.05, 0.1) is 5.69 Å². The van der Waals surface area contributed by atoms with Crippen LogP contribution in [0.5, 0.6) is 0 Å². The second-order valence-electron chi connectivity index (χ2n) is 3.23. The van der Waals surface area contributed by atoms with Crippen LogP contribution in [0.3, 0.4) is 0 Å². The van der Waals surface area contributed by atoms with Crippen molar-refractivity contribution in [3.8, 4) is 0 Å². The Balaban J connectivity index is 2.36. The molecular formula is C9H12N4OS. The van der Waals surface area contributed by atoms with Crippen LogP contribution in [0.15, 0.2) is 5.51 Å². The zero-order valence-electron chi connectivity index (χ0n) is 8.65. The number of nitrogens with one attached hydrogen (secondary N) is 1. The third kappa shape index (κ3) is 1.72. The minimum Gasteiger partial charge on any atom is -0.351 e. The molecule has 0 fully saturated rings. The van der Waals surface area contributed by atoms with Gasteiger partial charge in [-0.3, -0.25) is 4.79 Å². The third-order valence-electron chi connectivity index (χ3n) is 2.07. The Kier molecular flexibility index (Phi) is 2.68. The molecule has 0 aromatic carbocycles. The van der Waals surface area contributed by atoms with Gasteiger partial charge in [-0.1, -0.05) is 18.3 Å². The third-order valence-corrected chi connectivity index (χ3v) is 2.75. The summed E-state index contributed by atoms with van der Waals surface area (Å²) in [7, 11) is 0. The smallest absolute Gasteiger partial charge is 0.271 e. The molecule has 0 aliphatic heterocycles.